The number of benzene rings is 1. The van der Waals surface area contributed by atoms with E-state index in [2.05, 4.69) is 48.7 Å². The molecular weight excluding hydrogens is 300 g/mol. The van der Waals surface area contributed by atoms with Crippen LogP contribution in [0.5, 0.6) is 0 Å². The van der Waals surface area contributed by atoms with Gasteiger partial charge in [-0.15, -0.1) is 0 Å². The number of unbranched alkanes of at least 4 members (excludes halogenated alkanes) is 9. The summed E-state index contributed by atoms with van der Waals surface area (Å²) in [4.78, 5) is 0. The molecule has 2 nitrogen and oxygen atoms in total. The molecule has 1 rings (SSSR count). The van der Waals surface area contributed by atoms with Gasteiger partial charge in [0.2, 0.25) is 0 Å². The van der Waals surface area contributed by atoms with Gasteiger partial charge >= 0.3 is 0 Å². The fraction of sp³-hybridized carbons (Fsp3) is 0.650. The van der Waals surface area contributed by atoms with Gasteiger partial charge in [-0.1, -0.05) is 82.4 Å². The highest BCUT2D eigenvalue weighted by Gasteiger charge is 1.97. The van der Waals surface area contributed by atoms with Crippen LogP contribution in [0.2, 0.25) is 0 Å². The lowest BCUT2D eigenvalue weighted by molar-refractivity contribution is 0.555. The Morgan fingerprint density at radius 1 is 0.826 bits per heavy atom. The third-order valence-corrected chi connectivity index (χ3v) is 4.37. The second-order valence-corrected chi connectivity index (χ2v) is 6.84. The normalized spacial score (nSPS) is 10.5. The average molecular weight is 335 g/mol. The minimum atomic E-state index is 0.727. The summed E-state index contributed by atoms with van der Waals surface area (Å²) in [5, 5.41) is 7.24. The largest absolute Gasteiger partial charge is 0.362 e. The lowest BCUT2D eigenvalue weighted by atomic mass is 10.1. The smallest absolute Gasteiger partial charge is 0.170 e. The van der Waals surface area contributed by atoms with Gasteiger partial charge in [-0.05, 0) is 37.7 Å². The van der Waals surface area contributed by atoms with E-state index >= 15 is 0 Å². The van der Waals surface area contributed by atoms with Crippen molar-refractivity contribution in [2.24, 2.45) is 0 Å². The van der Waals surface area contributed by atoms with Crippen molar-refractivity contribution in [1.29, 1.82) is 0 Å². The molecule has 0 amide bonds. The Labute approximate surface area is 148 Å². The van der Waals surface area contributed by atoms with Gasteiger partial charge in [-0.25, -0.2) is 0 Å². The highest BCUT2D eigenvalue weighted by Crippen LogP contribution is 2.10. The monoisotopic (exact) mass is 334 g/mol. The van der Waals surface area contributed by atoms with Gasteiger partial charge in [-0.3, -0.25) is 0 Å². The zero-order valence-electron chi connectivity index (χ0n) is 15.0. The Morgan fingerprint density at radius 3 is 1.91 bits per heavy atom. The summed E-state index contributed by atoms with van der Waals surface area (Å²) >= 11 is 5.32. The first-order valence-corrected chi connectivity index (χ1v) is 9.74. The van der Waals surface area contributed by atoms with E-state index in [0.717, 1.165) is 17.3 Å². The highest BCUT2D eigenvalue weighted by atomic mass is 32.1. The van der Waals surface area contributed by atoms with E-state index in [9.17, 15) is 0 Å². The number of nitrogens with one attached hydrogen (secondary N) is 2. The molecule has 0 radical (unpaired) electrons. The van der Waals surface area contributed by atoms with Gasteiger partial charge < -0.3 is 10.6 Å². The molecule has 0 saturated carbocycles. The molecule has 0 saturated heterocycles. The van der Waals surface area contributed by atoms with Crippen LogP contribution < -0.4 is 10.6 Å². The van der Waals surface area contributed by atoms with E-state index in [0.29, 0.717) is 0 Å². The topological polar surface area (TPSA) is 24.1 Å². The molecule has 0 fully saturated rings. The first-order valence-electron chi connectivity index (χ1n) is 9.34. The minimum Gasteiger partial charge on any atom is -0.362 e. The minimum absolute atomic E-state index is 0.727. The number of aryl methyl sites for hydroxylation is 1. The Hall–Kier alpha value is -1.09. The van der Waals surface area contributed by atoms with Crippen LogP contribution in [-0.4, -0.2) is 11.7 Å². The van der Waals surface area contributed by atoms with E-state index in [-0.39, 0.29) is 0 Å². The molecule has 130 valence electrons. The Kier molecular flexibility index (Phi) is 11.6. The third-order valence-electron chi connectivity index (χ3n) is 4.13. The third kappa shape index (κ3) is 11.1. The summed E-state index contributed by atoms with van der Waals surface area (Å²) in [5.74, 6) is 0. The van der Waals surface area contributed by atoms with Crippen LogP contribution in [0, 0.1) is 6.92 Å². The highest BCUT2D eigenvalue weighted by molar-refractivity contribution is 7.80. The van der Waals surface area contributed by atoms with Crippen molar-refractivity contribution in [2.75, 3.05) is 11.9 Å². The summed E-state index contributed by atoms with van der Waals surface area (Å²) in [6.45, 7) is 5.33. The second-order valence-electron chi connectivity index (χ2n) is 6.43. The van der Waals surface area contributed by atoms with Crippen molar-refractivity contribution in [3.8, 4) is 0 Å². The van der Waals surface area contributed by atoms with Gasteiger partial charge in [0.25, 0.3) is 0 Å². The van der Waals surface area contributed by atoms with Gasteiger partial charge in [-0.2, -0.15) is 0 Å². The zero-order chi connectivity index (χ0) is 16.8. The van der Waals surface area contributed by atoms with Crippen LogP contribution in [0.25, 0.3) is 0 Å². The molecule has 0 aliphatic carbocycles. The molecule has 3 heteroatoms. The molecule has 0 aliphatic heterocycles. The van der Waals surface area contributed by atoms with Gasteiger partial charge in [0.05, 0.1) is 0 Å². The molecule has 0 bridgehead atoms. The number of hydrogen-bond donors (Lipinski definition) is 2. The van der Waals surface area contributed by atoms with Crippen LogP contribution in [-0.2, 0) is 0 Å². The molecule has 0 aliphatic rings. The van der Waals surface area contributed by atoms with Crippen molar-refractivity contribution < 1.29 is 0 Å². The first kappa shape index (κ1) is 20.0. The SMILES string of the molecule is CCCCCCCCCCCCNC(=S)Nc1ccc(C)cc1. The van der Waals surface area contributed by atoms with E-state index in [4.69, 9.17) is 12.2 Å². The van der Waals surface area contributed by atoms with Crippen LogP contribution in [0.15, 0.2) is 24.3 Å². The van der Waals surface area contributed by atoms with Gasteiger partial charge in [0, 0.05) is 12.2 Å². The molecule has 0 heterocycles. The quantitative estimate of drug-likeness (QED) is 0.351. The van der Waals surface area contributed by atoms with E-state index in [1.807, 2.05) is 0 Å². The Morgan fingerprint density at radius 2 is 1.35 bits per heavy atom. The maximum Gasteiger partial charge on any atom is 0.170 e. The fourth-order valence-electron chi connectivity index (χ4n) is 2.63. The average Bonchev–Trinajstić information content (AvgIpc) is 2.55. The summed E-state index contributed by atoms with van der Waals surface area (Å²) < 4.78 is 0. The molecule has 1 aromatic carbocycles. The summed E-state index contributed by atoms with van der Waals surface area (Å²) in [6, 6.07) is 8.30. The number of hydrogen-bond acceptors (Lipinski definition) is 1. The molecule has 0 atom stereocenters. The predicted octanol–water partition coefficient (Wildman–Crippen LogP) is 6.20. The van der Waals surface area contributed by atoms with E-state index in [1.165, 1.54) is 69.8 Å². The number of thiocarbonyl (C=S) groups is 1. The lowest BCUT2D eigenvalue weighted by Crippen LogP contribution is -2.29. The van der Waals surface area contributed by atoms with E-state index < -0.39 is 0 Å². The van der Waals surface area contributed by atoms with E-state index in [1.54, 1.807) is 0 Å². The summed E-state index contributed by atoms with van der Waals surface area (Å²) in [5.41, 5.74) is 2.32. The first-order chi connectivity index (χ1) is 11.2. The zero-order valence-corrected chi connectivity index (χ0v) is 15.8. The standard InChI is InChI=1S/C20H34N2S/c1-3-4-5-6-7-8-9-10-11-12-17-21-20(23)22-19-15-13-18(2)14-16-19/h13-16H,3-12,17H2,1-2H3,(H2,21,22,23). The Balaban J connectivity index is 1.90. The fourth-order valence-corrected chi connectivity index (χ4v) is 2.85. The summed E-state index contributed by atoms with van der Waals surface area (Å²) in [6.07, 6.45) is 13.7. The molecule has 0 aromatic heterocycles. The van der Waals surface area contributed by atoms with Crippen molar-refractivity contribution in [2.45, 2.75) is 78.1 Å². The summed E-state index contributed by atoms with van der Waals surface area (Å²) in [7, 11) is 0. The number of rotatable bonds is 12. The second kappa shape index (κ2) is 13.4. The van der Waals surface area contributed by atoms with Gasteiger partial charge in [0.15, 0.2) is 5.11 Å². The predicted molar refractivity (Wildman–Crippen MR) is 107 cm³/mol. The van der Waals surface area contributed by atoms with Crippen molar-refractivity contribution in [3.63, 3.8) is 0 Å². The number of anilines is 1. The van der Waals surface area contributed by atoms with Crippen molar-refractivity contribution in [3.05, 3.63) is 29.8 Å². The molecule has 23 heavy (non-hydrogen) atoms. The molecule has 1 aromatic rings. The molecule has 2 N–H and O–H groups in total. The Bertz CT molecular complexity index is 414. The molecular formula is C20H34N2S. The van der Waals surface area contributed by atoms with Crippen molar-refractivity contribution >= 4 is 23.0 Å². The van der Waals surface area contributed by atoms with Crippen LogP contribution in [0.1, 0.15) is 76.7 Å². The van der Waals surface area contributed by atoms with Crippen LogP contribution in [0.4, 0.5) is 5.69 Å². The molecule has 0 spiro atoms. The van der Waals surface area contributed by atoms with Gasteiger partial charge in [0.1, 0.15) is 0 Å². The maximum atomic E-state index is 5.32. The van der Waals surface area contributed by atoms with Crippen molar-refractivity contribution in [1.82, 2.24) is 5.32 Å². The lowest BCUT2D eigenvalue weighted by Gasteiger charge is -2.10. The molecule has 0 unspecified atom stereocenters. The van der Waals surface area contributed by atoms with Crippen LogP contribution in [0.3, 0.4) is 0 Å². The maximum absolute atomic E-state index is 5.32. The van der Waals surface area contributed by atoms with Crippen LogP contribution >= 0.6 is 12.2 Å².